The minimum absolute atomic E-state index is 0.129. The van der Waals surface area contributed by atoms with Gasteiger partial charge < -0.3 is 20.9 Å². The maximum Gasteiger partial charge on any atom is 0.319 e. The van der Waals surface area contributed by atoms with Gasteiger partial charge in [-0.05, 0) is 57.6 Å². The quantitative estimate of drug-likeness (QED) is 0.801. The van der Waals surface area contributed by atoms with Crippen LogP contribution in [0.5, 0.6) is 0 Å². The van der Waals surface area contributed by atoms with Gasteiger partial charge in [0.1, 0.15) is 0 Å². The highest BCUT2D eigenvalue weighted by Crippen LogP contribution is 2.20. The standard InChI is InChI=1S/C16H24N4O2/c1-11-4-5-14(10-15(11)17-12(2)21)19-16(22)18-13-6-8-20(3)9-7-13/h4-5,10,13H,6-9H2,1-3H3,(H,17,21)(H2,18,19,22). The minimum atomic E-state index is -0.202. The zero-order valence-corrected chi connectivity index (χ0v) is 13.4. The Kier molecular flexibility index (Phi) is 5.38. The van der Waals surface area contributed by atoms with Crippen LogP contribution in [0.3, 0.4) is 0 Å². The molecular formula is C16H24N4O2. The van der Waals surface area contributed by atoms with Gasteiger partial charge in [0.05, 0.1) is 0 Å². The van der Waals surface area contributed by atoms with Gasteiger partial charge in [0, 0.05) is 24.3 Å². The van der Waals surface area contributed by atoms with Gasteiger partial charge in [-0.2, -0.15) is 0 Å². The number of hydrogen-bond acceptors (Lipinski definition) is 3. The molecule has 0 saturated carbocycles. The highest BCUT2D eigenvalue weighted by atomic mass is 16.2. The van der Waals surface area contributed by atoms with E-state index in [1.807, 2.05) is 19.1 Å². The van der Waals surface area contributed by atoms with Crippen molar-refractivity contribution >= 4 is 23.3 Å². The number of urea groups is 1. The Morgan fingerprint density at radius 1 is 1.18 bits per heavy atom. The average Bonchev–Trinajstić information content (AvgIpc) is 2.44. The summed E-state index contributed by atoms with van der Waals surface area (Å²) in [6, 6.07) is 5.49. The monoisotopic (exact) mass is 304 g/mol. The van der Waals surface area contributed by atoms with Crippen LogP contribution in [0.2, 0.25) is 0 Å². The van der Waals surface area contributed by atoms with Crippen molar-refractivity contribution in [2.24, 2.45) is 0 Å². The molecule has 22 heavy (non-hydrogen) atoms. The maximum atomic E-state index is 12.1. The second-order valence-electron chi connectivity index (χ2n) is 5.89. The third kappa shape index (κ3) is 4.73. The van der Waals surface area contributed by atoms with E-state index in [0.29, 0.717) is 11.4 Å². The summed E-state index contributed by atoms with van der Waals surface area (Å²) in [7, 11) is 2.09. The first-order valence-corrected chi connectivity index (χ1v) is 7.58. The SMILES string of the molecule is CC(=O)Nc1cc(NC(=O)NC2CCN(C)CC2)ccc1C. The van der Waals surface area contributed by atoms with Crippen LogP contribution in [0.15, 0.2) is 18.2 Å². The highest BCUT2D eigenvalue weighted by molar-refractivity contribution is 5.93. The molecule has 0 spiro atoms. The van der Waals surface area contributed by atoms with Crippen molar-refractivity contribution in [1.82, 2.24) is 10.2 Å². The van der Waals surface area contributed by atoms with E-state index in [-0.39, 0.29) is 18.0 Å². The summed E-state index contributed by atoms with van der Waals surface area (Å²) >= 11 is 0. The summed E-state index contributed by atoms with van der Waals surface area (Å²) in [5, 5.41) is 8.58. The molecule has 6 nitrogen and oxygen atoms in total. The summed E-state index contributed by atoms with van der Waals surface area (Å²) in [6.07, 6.45) is 1.93. The highest BCUT2D eigenvalue weighted by Gasteiger charge is 2.18. The van der Waals surface area contributed by atoms with Gasteiger partial charge in [-0.3, -0.25) is 4.79 Å². The van der Waals surface area contributed by atoms with Gasteiger partial charge in [0.15, 0.2) is 0 Å². The van der Waals surface area contributed by atoms with Crippen LogP contribution in [-0.4, -0.2) is 43.0 Å². The van der Waals surface area contributed by atoms with Crippen LogP contribution in [0.25, 0.3) is 0 Å². The van der Waals surface area contributed by atoms with Gasteiger partial charge in [0.25, 0.3) is 0 Å². The summed E-state index contributed by atoms with van der Waals surface area (Å²) in [5.41, 5.74) is 2.33. The van der Waals surface area contributed by atoms with E-state index in [4.69, 9.17) is 0 Å². The molecule has 1 heterocycles. The average molecular weight is 304 g/mol. The molecule has 0 bridgehead atoms. The van der Waals surface area contributed by atoms with E-state index < -0.39 is 0 Å². The predicted octanol–water partition coefficient (Wildman–Crippen LogP) is 2.17. The number of nitrogens with zero attached hydrogens (tertiary/aromatic N) is 1. The molecule has 0 aromatic heterocycles. The molecule has 1 aliphatic heterocycles. The Balaban J connectivity index is 1.92. The lowest BCUT2D eigenvalue weighted by Crippen LogP contribution is -2.44. The number of nitrogens with one attached hydrogen (secondary N) is 3. The maximum absolute atomic E-state index is 12.1. The van der Waals surface area contributed by atoms with Crippen LogP contribution in [0.1, 0.15) is 25.3 Å². The van der Waals surface area contributed by atoms with Crippen molar-refractivity contribution in [3.05, 3.63) is 23.8 Å². The number of benzene rings is 1. The van der Waals surface area contributed by atoms with Crippen LogP contribution in [0, 0.1) is 6.92 Å². The van der Waals surface area contributed by atoms with E-state index >= 15 is 0 Å². The number of rotatable bonds is 3. The third-order valence-electron chi connectivity index (χ3n) is 3.86. The molecule has 0 unspecified atom stereocenters. The number of hydrogen-bond donors (Lipinski definition) is 3. The summed E-state index contributed by atoms with van der Waals surface area (Å²) in [4.78, 5) is 25.5. The number of piperidine rings is 1. The number of anilines is 2. The lowest BCUT2D eigenvalue weighted by atomic mass is 10.1. The Bertz CT molecular complexity index is 551. The fourth-order valence-electron chi connectivity index (χ4n) is 2.53. The topological polar surface area (TPSA) is 73.5 Å². The fraction of sp³-hybridized carbons (Fsp3) is 0.500. The molecule has 6 heteroatoms. The zero-order valence-electron chi connectivity index (χ0n) is 13.4. The normalized spacial score (nSPS) is 16.1. The van der Waals surface area contributed by atoms with Crippen molar-refractivity contribution in [2.75, 3.05) is 30.8 Å². The second kappa shape index (κ2) is 7.26. The van der Waals surface area contributed by atoms with Gasteiger partial charge in [-0.25, -0.2) is 4.79 Å². The first kappa shape index (κ1) is 16.3. The van der Waals surface area contributed by atoms with E-state index in [9.17, 15) is 9.59 Å². The van der Waals surface area contributed by atoms with Crippen LogP contribution in [0.4, 0.5) is 16.2 Å². The third-order valence-corrected chi connectivity index (χ3v) is 3.86. The molecule has 1 aromatic rings. The van der Waals surface area contributed by atoms with Crippen molar-refractivity contribution in [3.8, 4) is 0 Å². The van der Waals surface area contributed by atoms with E-state index in [0.717, 1.165) is 31.5 Å². The summed E-state index contributed by atoms with van der Waals surface area (Å²) in [6.45, 7) is 5.38. The molecule has 1 fully saturated rings. The molecule has 1 saturated heterocycles. The molecule has 3 amide bonds. The molecule has 1 aromatic carbocycles. The molecule has 1 aliphatic rings. The van der Waals surface area contributed by atoms with Gasteiger partial charge in [-0.1, -0.05) is 6.07 Å². The predicted molar refractivity (Wildman–Crippen MR) is 88.2 cm³/mol. The van der Waals surface area contributed by atoms with Gasteiger partial charge >= 0.3 is 6.03 Å². The van der Waals surface area contributed by atoms with Crippen molar-refractivity contribution in [2.45, 2.75) is 32.7 Å². The Hall–Kier alpha value is -2.08. The number of carbonyl (C=O) groups excluding carboxylic acids is 2. The first-order chi connectivity index (χ1) is 10.4. The summed E-state index contributed by atoms with van der Waals surface area (Å²) in [5.74, 6) is -0.129. The lowest BCUT2D eigenvalue weighted by molar-refractivity contribution is -0.114. The molecule has 0 atom stereocenters. The number of aryl methyl sites for hydroxylation is 1. The molecule has 0 aliphatic carbocycles. The van der Waals surface area contributed by atoms with Gasteiger partial charge in [-0.15, -0.1) is 0 Å². The van der Waals surface area contributed by atoms with Crippen LogP contribution < -0.4 is 16.0 Å². The first-order valence-electron chi connectivity index (χ1n) is 7.58. The molecular weight excluding hydrogens is 280 g/mol. The minimum Gasteiger partial charge on any atom is -0.335 e. The molecule has 3 N–H and O–H groups in total. The largest absolute Gasteiger partial charge is 0.335 e. The number of amides is 3. The second-order valence-corrected chi connectivity index (χ2v) is 5.89. The smallest absolute Gasteiger partial charge is 0.319 e. The Morgan fingerprint density at radius 3 is 2.50 bits per heavy atom. The Labute approximate surface area is 131 Å². The summed E-state index contributed by atoms with van der Waals surface area (Å²) < 4.78 is 0. The van der Waals surface area contributed by atoms with Crippen LogP contribution >= 0.6 is 0 Å². The number of carbonyl (C=O) groups is 2. The zero-order chi connectivity index (χ0) is 16.1. The van der Waals surface area contributed by atoms with Crippen molar-refractivity contribution < 1.29 is 9.59 Å². The van der Waals surface area contributed by atoms with Crippen molar-refractivity contribution in [3.63, 3.8) is 0 Å². The van der Waals surface area contributed by atoms with E-state index in [1.54, 1.807) is 6.07 Å². The molecule has 2 rings (SSSR count). The van der Waals surface area contributed by atoms with E-state index in [1.165, 1.54) is 6.92 Å². The Morgan fingerprint density at radius 2 is 1.86 bits per heavy atom. The van der Waals surface area contributed by atoms with E-state index in [2.05, 4.69) is 27.9 Å². The lowest BCUT2D eigenvalue weighted by Gasteiger charge is -2.29. The van der Waals surface area contributed by atoms with Crippen LogP contribution in [-0.2, 0) is 4.79 Å². The number of likely N-dealkylation sites (tertiary alicyclic amines) is 1. The molecule has 0 radical (unpaired) electrons. The van der Waals surface area contributed by atoms with Crippen molar-refractivity contribution in [1.29, 1.82) is 0 Å². The molecule has 120 valence electrons. The fourth-order valence-corrected chi connectivity index (χ4v) is 2.53. The van der Waals surface area contributed by atoms with Gasteiger partial charge in [0.2, 0.25) is 5.91 Å².